The third-order valence-corrected chi connectivity index (χ3v) is 4.21. The number of carbonyl (C=O) groups is 1. The lowest BCUT2D eigenvalue weighted by atomic mass is 9.96. The monoisotopic (exact) mass is 455 g/mol. The van der Waals surface area contributed by atoms with E-state index < -0.39 is 23.1 Å². The van der Waals surface area contributed by atoms with Crippen LogP contribution in [0.1, 0.15) is 31.9 Å². The normalized spacial score (nSPS) is 11.5. The second-order valence-corrected chi connectivity index (χ2v) is 7.83. The van der Waals surface area contributed by atoms with Gasteiger partial charge >= 0.3 is 12.3 Å². The topological polar surface area (TPSA) is 106 Å². The van der Waals surface area contributed by atoms with E-state index in [0.29, 0.717) is 5.52 Å². The highest BCUT2D eigenvalue weighted by molar-refractivity contribution is 6.32. The van der Waals surface area contributed by atoms with Crippen molar-refractivity contribution in [1.82, 2.24) is 19.6 Å². The fourth-order valence-corrected chi connectivity index (χ4v) is 2.67. The summed E-state index contributed by atoms with van der Waals surface area (Å²) in [6, 6.07) is 2.49. The Morgan fingerprint density at radius 2 is 1.81 bits per heavy atom. The van der Waals surface area contributed by atoms with Crippen molar-refractivity contribution in [3.05, 3.63) is 40.8 Å². The first-order valence-corrected chi connectivity index (χ1v) is 9.06. The zero-order chi connectivity index (χ0) is 23.6. The van der Waals surface area contributed by atoms with Gasteiger partial charge in [0.05, 0.1) is 11.1 Å². The number of alkyl halides is 3. The van der Waals surface area contributed by atoms with E-state index in [9.17, 15) is 18.0 Å². The lowest BCUT2D eigenvalue weighted by Gasteiger charge is -2.18. The third-order valence-electron chi connectivity index (χ3n) is 3.93. The number of halogens is 4. The molecule has 1 amide bonds. The summed E-state index contributed by atoms with van der Waals surface area (Å²) >= 11 is 6.11. The summed E-state index contributed by atoms with van der Waals surface area (Å²) in [6.45, 7) is 6.74. The van der Waals surface area contributed by atoms with Crippen LogP contribution in [0.4, 0.5) is 19.0 Å². The number of carbonyl (C=O) groups excluding carboxylic acids is 3. The molecule has 0 aromatic carbocycles. The Labute approximate surface area is 179 Å². The van der Waals surface area contributed by atoms with E-state index in [4.69, 9.17) is 21.2 Å². The average Bonchev–Trinajstić information content (AvgIpc) is 3.01. The minimum Gasteiger partial charge on any atom is -0.310 e. The molecule has 31 heavy (non-hydrogen) atoms. The minimum absolute atomic E-state index is 0.0244. The number of pyridine rings is 1. The molecule has 3 heterocycles. The molecule has 0 saturated carbocycles. The number of rotatable bonds is 2. The molecule has 0 radical (unpaired) electrons. The summed E-state index contributed by atoms with van der Waals surface area (Å²) < 4.78 is 42.4. The summed E-state index contributed by atoms with van der Waals surface area (Å²) in [7, 11) is 0. The quantitative estimate of drug-likeness (QED) is 0.621. The molecular weight excluding hydrogens is 439 g/mol. The largest absolute Gasteiger partial charge is 0.417 e. The van der Waals surface area contributed by atoms with Crippen LogP contribution in [-0.4, -0.2) is 31.6 Å². The minimum atomic E-state index is -4.71. The van der Waals surface area contributed by atoms with Gasteiger partial charge in [-0.2, -0.15) is 22.8 Å². The Balaban J connectivity index is 0.00000107. The van der Waals surface area contributed by atoms with Crippen LogP contribution in [-0.2, 0) is 20.6 Å². The van der Waals surface area contributed by atoms with Crippen LogP contribution >= 0.6 is 11.6 Å². The van der Waals surface area contributed by atoms with Crippen molar-refractivity contribution in [3.63, 3.8) is 0 Å². The maximum absolute atomic E-state index is 13.7. The highest BCUT2D eigenvalue weighted by atomic mass is 35.5. The maximum atomic E-state index is 13.7. The molecule has 3 aromatic rings. The van der Waals surface area contributed by atoms with Crippen LogP contribution in [0, 0.1) is 12.3 Å². The Bertz CT molecular complexity index is 1160. The van der Waals surface area contributed by atoms with E-state index >= 15 is 0 Å². The SMILES string of the molecule is Cc1cc2c(Cl)nc(-c3cnc(NC(=O)C(C)(C)C)cc3C(F)(F)F)nn2c1.O=C=O. The highest BCUT2D eigenvalue weighted by Gasteiger charge is 2.36. The van der Waals surface area contributed by atoms with E-state index in [-0.39, 0.29) is 28.5 Å². The third kappa shape index (κ3) is 5.65. The highest BCUT2D eigenvalue weighted by Crippen LogP contribution is 2.37. The van der Waals surface area contributed by atoms with Crippen LogP contribution < -0.4 is 5.32 Å². The van der Waals surface area contributed by atoms with Crippen molar-refractivity contribution < 1.29 is 27.6 Å². The summed E-state index contributed by atoms with van der Waals surface area (Å²) in [6.07, 6.45) is -1.85. The van der Waals surface area contributed by atoms with Gasteiger partial charge in [-0.25, -0.2) is 14.5 Å². The van der Waals surface area contributed by atoms with E-state index in [2.05, 4.69) is 20.4 Å². The number of aromatic nitrogens is 4. The zero-order valence-electron chi connectivity index (χ0n) is 16.8. The molecule has 0 bridgehead atoms. The van der Waals surface area contributed by atoms with Gasteiger partial charge in [0.1, 0.15) is 11.3 Å². The van der Waals surface area contributed by atoms with E-state index in [1.807, 2.05) is 0 Å². The molecule has 0 spiro atoms. The molecule has 8 nitrogen and oxygen atoms in total. The molecule has 3 aromatic heterocycles. The number of nitrogens with one attached hydrogen (secondary N) is 1. The Kier molecular flexibility index (Phi) is 6.83. The summed E-state index contributed by atoms with van der Waals surface area (Å²) in [5.74, 6) is -0.883. The van der Waals surface area contributed by atoms with E-state index in [0.717, 1.165) is 17.8 Å². The smallest absolute Gasteiger partial charge is 0.310 e. The predicted octanol–water partition coefficient (Wildman–Crippen LogP) is 4.17. The molecule has 0 fully saturated rings. The van der Waals surface area contributed by atoms with Gasteiger partial charge in [-0.05, 0) is 24.6 Å². The van der Waals surface area contributed by atoms with Crippen LogP contribution in [0.5, 0.6) is 0 Å². The van der Waals surface area contributed by atoms with Gasteiger partial charge in [0, 0.05) is 17.8 Å². The second-order valence-electron chi connectivity index (χ2n) is 7.47. The molecule has 3 rings (SSSR count). The molecule has 0 aliphatic heterocycles. The summed E-state index contributed by atoms with van der Waals surface area (Å²) in [4.78, 5) is 36.2. The van der Waals surface area contributed by atoms with Gasteiger partial charge in [0.15, 0.2) is 11.0 Å². The molecule has 0 aliphatic rings. The van der Waals surface area contributed by atoms with Crippen molar-refractivity contribution in [1.29, 1.82) is 0 Å². The average molecular weight is 456 g/mol. The van der Waals surface area contributed by atoms with Crippen LogP contribution in [0.3, 0.4) is 0 Å². The number of amides is 1. The molecule has 164 valence electrons. The number of fused-ring (bicyclic) bond motifs is 1. The lowest BCUT2D eigenvalue weighted by molar-refractivity contribution is -0.191. The van der Waals surface area contributed by atoms with Gasteiger partial charge in [0.25, 0.3) is 0 Å². The molecule has 0 saturated heterocycles. The predicted molar refractivity (Wildman–Crippen MR) is 104 cm³/mol. The second kappa shape index (κ2) is 8.83. The van der Waals surface area contributed by atoms with Crippen molar-refractivity contribution >= 4 is 35.0 Å². The van der Waals surface area contributed by atoms with Crippen molar-refractivity contribution in [2.24, 2.45) is 5.41 Å². The molecule has 0 unspecified atom stereocenters. The molecule has 0 atom stereocenters. The Morgan fingerprint density at radius 1 is 1.19 bits per heavy atom. The number of hydrogen-bond acceptors (Lipinski definition) is 6. The summed E-state index contributed by atoms with van der Waals surface area (Å²) in [5, 5.41) is 6.54. The van der Waals surface area contributed by atoms with E-state index in [1.54, 1.807) is 40.0 Å². The van der Waals surface area contributed by atoms with Crippen molar-refractivity contribution in [2.45, 2.75) is 33.9 Å². The first-order valence-electron chi connectivity index (χ1n) is 8.68. The zero-order valence-corrected chi connectivity index (χ0v) is 17.6. The Morgan fingerprint density at radius 3 is 2.35 bits per heavy atom. The molecule has 1 N–H and O–H groups in total. The molecule has 12 heteroatoms. The molecule has 0 aliphatic carbocycles. The first kappa shape index (κ1) is 24.0. The number of hydrogen-bond donors (Lipinski definition) is 1. The van der Waals surface area contributed by atoms with Gasteiger partial charge < -0.3 is 5.32 Å². The maximum Gasteiger partial charge on any atom is 0.417 e. The lowest BCUT2D eigenvalue weighted by Crippen LogP contribution is -2.28. The first-order chi connectivity index (χ1) is 14.3. The van der Waals surface area contributed by atoms with Crippen LogP contribution in [0.15, 0.2) is 24.5 Å². The van der Waals surface area contributed by atoms with Crippen LogP contribution in [0.2, 0.25) is 5.15 Å². The van der Waals surface area contributed by atoms with Gasteiger partial charge in [-0.1, -0.05) is 32.4 Å². The summed E-state index contributed by atoms with van der Waals surface area (Å²) in [5.41, 5.74) is -0.823. The Hall–Kier alpha value is -3.30. The fourth-order valence-electron chi connectivity index (χ4n) is 2.45. The number of anilines is 1. The van der Waals surface area contributed by atoms with Crippen molar-refractivity contribution in [3.8, 4) is 11.4 Å². The van der Waals surface area contributed by atoms with Crippen molar-refractivity contribution in [2.75, 3.05) is 5.32 Å². The van der Waals surface area contributed by atoms with Gasteiger partial charge in [-0.3, -0.25) is 4.79 Å². The van der Waals surface area contributed by atoms with E-state index in [1.165, 1.54) is 4.52 Å². The van der Waals surface area contributed by atoms with Gasteiger partial charge in [0.2, 0.25) is 5.91 Å². The molecular formula is C19H17ClF3N5O3. The van der Waals surface area contributed by atoms with Crippen LogP contribution in [0.25, 0.3) is 16.9 Å². The fraction of sp³-hybridized carbons (Fsp3) is 0.316. The standard InChI is InChI=1S/C18H17ClF3N5O.CO2/c1-9-5-12-14(19)25-15(26-27(12)8-9)10-7-23-13(6-11(10)18(20,21)22)24-16(28)17(2,3)4;2-1-3/h5-8H,1-4H3,(H,23,24,28);. The number of aryl methyl sites for hydroxylation is 1. The van der Waals surface area contributed by atoms with Gasteiger partial charge in [-0.15, -0.1) is 5.10 Å². The number of nitrogens with zero attached hydrogens (tertiary/aromatic N) is 4.